The molecule has 6 heteroatoms. The van der Waals surface area contributed by atoms with Gasteiger partial charge in [0, 0.05) is 36.0 Å². The highest BCUT2D eigenvalue weighted by atomic mass is 19.1. The summed E-state index contributed by atoms with van der Waals surface area (Å²) in [7, 11) is 1.94. The summed E-state index contributed by atoms with van der Waals surface area (Å²) in [6.45, 7) is 1.96. The van der Waals surface area contributed by atoms with Crippen LogP contribution in [0.4, 0.5) is 4.39 Å². The van der Waals surface area contributed by atoms with Crippen molar-refractivity contribution in [2.45, 2.75) is 31.7 Å². The molecular formula is C23H23FN4O. The molecule has 0 bridgehead atoms. The number of halogens is 1. The third kappa shape index (κ3) is 3.28. The maximum atomic E-state index is 13.5. The monoisotopic (exact) mass is 390 g/mol. The first-order chi connectivity index (χ1) is 14.0. The van der Waals surface area contributed by atoms with Crippen LogP contribution in [0.1, 0.15) is 43.2 Å². The van der Waals surface area contributed by atoms with Gasteiger partial charge in [-0.15, -0.1) is 0 Å². The van der Waals surface area contributed by atoms with Gasteiger partial charge in [0.1, 0.15) is 11.6 Å². The van der Waals surface area contributed by atoms with Crippen molar-refractivity contribution in [2.75, 3.05) is 0 Å². The molecule has 0 radical (unpaired) electrons. The summed E-state index contributed by atoms with van der Waals surface area (Å²) in [5, 5.41) is 3.94. The van der Waals surface area contributed by atoms with E-state index in [-0.39, 0.29) is 17.8 Å². The van der Waals surface area contributed by atoms with E-state index in [1.807, 2.05) is 48.9 Å². The molecule has 5 rings (SSSR count). The van der Waals surface area contributed by atoms with Crippen LogP contribution in [-0.2, 0) is 11.8 Å². The molecule has 1 amide bonds. The van der Waals surface area contributed by atoms with Crippen molar-refractivity contribution in [3.8, 4) is 0 Å². The molecule has 1 saturated carbocycles. The summed E-state index contributed by atoms with van der Waals surface area (Å²) in [4.78, 5) is 20.6. The van der Waals surface area contributed by atoms with E-state index in [2.05, 4.69) is 15.3 Å². The molecule has 5 nitrogen and oxygen atoms in total. The lowest BCUT2D eigenvalue weighted by Gasteiger charge is -2.15. The zero-order chi connectivity index (χ0) is 20.1. The second kappa shape index (κ2) is 6.72. The second-order valence-corrected chi connectivity index (χ2v) is 8.07. The molecule has 1 unspecified atom stereocenters. The Morgan fingerprint density at radius 1 is 1.31 bits per heavy atom. The molecule has 2 aromatic carbocycles. The Kier molecular flexibility index (Phi) is 4.15. The minimum Gasteiger partial charge on any atom is -0.348 e. The highest BCUT2D eigenvalue weighted by molar-refractivity contribution is 5.82. The summed E-state index contributed by atoms with van der Waals surface area (Å²) in [5.74, 6) is 1.41. The number of para-hydroxylation sites is 2. The van der Waals surface area contributed by atoms with Crippen LogP contribution in [0, 0.1) is 11.7 Å². The van der Waals surface area contributed by atoms with E-state index in [0.29, 0.717) is 18.3 Å². The normalized spacial score (nSPS) is 19.6. The van der Waals surface area contributed by atoms with Crippen molar-refractivity contribution in [3.63, 3.8) is 0 Å². The molecule has 29 heavy (non-hydrogen) atoms. The molecule has 0 saturated heterocycles. The molecule has 3 atom stereocenters. The number of carbonyl (C=O) groups excluding carboxylic acids is 1. The average Bonchev–Trinajstić information content (AvgIpc) is 3.18. The molecule has 2 heterocycles. The van der Waals surface area contributed by atoms with Gasteiger partial charge < -0.3 is 14.9 Å². The number of hydrogen-bond acceptors (Lipinski definition) is 2. The number of aromatic amines is 1. The van der Waals surface area contributed by atoms with Gasteiger partial charge in [-0.2, -0.15) is 0 Å². The maximum absolute atomic E-state index is 13.5. The highest BCUT2D eigenvalue weighted by Gasteiger charge is 2.41. The molecule has 1 fully saturated rings. The van der Waals surface area contributed by atoms with Crippen molar-refractivity contribution in [3.05, 3.63) is 65.9 Å². The first-order valence-electron chi connectivity index (χ1n) is 9.98. The fourth-order valence-electron chi connectivity index (χ4n) is 4.33. The molecule has 2 aromatic heterocycles. The SMILES string of the molecule is CC(NC(=O)C[C@@H]1C[C@@H]1c1nc2ccccc2[nH]1)c1cc2cc(F)ccc2n1C. The maximum Gasteiger partial charge on any atom is 0.220 e. The number of hydrogen-bond donors (Lipinski definition) is 2. The lowest BCUT2D eigenvalue weighted by atomic mass is 10.2. The Morgan fingerprint density at radius 3 is 2.97 bits per heavy atom. The number of aromatic nitrogens is 3. The number of H-pyrrole nitrogens is 1. The van der Waals surface area contributed by atoms with Gasteiger partial charge in [-0.25, -0.2) is 9.37 Å². The number of nitrogens with one attached hydrogen (secondary N) is 2. The van der Waals surface area contributed by atoms with Gasteiger partial charge in [0.15, 0.2) is 0 Å². The summed E-state index contributed by atoms with van der Waals surface area (Å²) in [6.07, 6.45) is 1.47. The predicted molar refractivity (Wildman–Crippen MR) is 111 cm³/mol. The number of imidazole rings is 1. The van der Waals surface area contributed by atoms with Crippen molar-refractivity contribution >= 4 is 27.8 Å². The van der Waals surface area contributed by atoms with Gasteiger partial charge in [-0.1, -0.05) is 12.1 Å². The summed E-state index contributed by atoms with van der Waals surface area (Å²) in [5.41, 5.74) is 3.93. The zero-order valence-electron chi connectivity index (χ0n) is 16.4. The topological polar surface area (TPSA) is 62.7 Å². The lowest BCUT2D eigenvalue weighted by Crippen LogP contribution is -2.28. The van der Waals surface area contributed by atoms with Gasteiger partial charge in [0.25, 0.3) is 0 Å². The van der Waals surface area contributed by atoms with Crippen LogP contribution in [-0.4, -0.2) is 20.4 Å². The Hall–Kier alpha value is -3.15. The molecule has 2 N–H and O–H groups in total. The number of nitrogens with zero attached hydrogens (tertiary/aromatic N) is 2. The Balaban J connectivity index is 1.24. The van der Waals surface area contributed by atoms with Gasteiger partial charge in [-0.3, -0.25) is 4.79 Å². The summed E-state index contributed by atoms with van der Waals surface area (Å²) >= 11 is 0. The molecular weight excluding hydrogens is 367 g/mol. The average molecular weight is 390 g/mol. The van der Waals surface area contributed by atoms with Crippen molar-refractivity contribution in [1.82, 2.24) is 19.9 Å². The number of aryl methyl sites for hydroxylation is 1. The Labute approximate surface area is 167 Å². The van der Waals surface area contributed by atoms with Gasteiger partial charge in [0.2, 0.25) is 5.91 Å². The van der Waals surface area contributed by atoms with Gasteiger partial charge in [-0.05, 0) is 55.7 Å². The molecule has 148 valence electrons. The predicted octanol–water partition coefficient (Wildman–Crippen LogP) is 4.56. The van der Waals surface area contributed by atoms with Crippen molar-refractivity contribution in [1.29, 1.82) is 0 Å². The van der Waals surface area contributed by atoms with Gasteiger partial charge >= 0.3 is 0 Å². The van der Waals surface area contributed by atoms with E-state index < -0.39 is 0 Å². The Bertz CT molecular complexity index is 1190. The van der Waals surface area contributed by atoms with Gasteiger partial charge in [0.05, 0.1) is 17.1 Å². The van der Waals surface area contributed by atoms with Crippen LogP contribution in [0.25, 0.3) is 21.9 Å². The van der Waals surface area contributed by atoms with E-state index >= 15 is 0 Å². The number of rotatable bonds is 5. The largest absolute Gasteiger partial charge is 0.348 e. The molecule has 4 aromatic rings. The molecule has 0 spiro atoms. The third-order valence-electron chi connectivity index (χ3n) is 5.99. The molecule has 0 aliphatic heterocycles. The fraction of sp³-hybridized carbons (Fsp3) is 0.304. The first-order valence-corrected chi connectivity index (χ1v) is 9.98. The summed E-state index contributed by atoms with van der Waals surface area (Å²) in [6, 6.07) is 14.5. The van der Waals surface area contributed by atoms with Crippen LogP contribution in [0.3, 0.4) is 0 Å². The first kappa shape index (κ1) is 17.9. The van der Waals surface area contributed by atoms with E-state index in [0.717, 1.165) is 39.9 Å². The molecule has 1 aliphatic rings. The number of fused-ring (bicyclic) bond motifs is 2. The number of benzene rings is 2. The highest BCUT2D eigenvalue weighted by Crippen LogP contribution is 2.48. The standard InChI is InChI=1S/C23H23FN4O/c1-13(21-11-15-9-16(24)7-8-20(15)28(21)2)25-22(29)12-14-10-17(14)23-26-18-5-3-4-6-19(18)27-23/h3-9,11,13-14,17H,10,12H2,1-2H3,(H,25,29)(H,26,27)/t13?,14-,17-/m0/s1. The van der Waals surface area contributed by atoms with Crippen LogP contribution in [0.5, 0.6) is 0 Å². The molecule has 1 aliphatic carbocycles. The van der Waals surface area contributed by atoms with Crippen LogP contribution in [0.2, 0.25) is 0 Å². The van der Waals surface area contributed by atoms with Crippen molar-refractivity contribution in [2.24, 2.45) is 13.0 Å². The van der Waals surface area contributed by atoms with Crippen LogP contribution in [0.15, 0.2) is 48.5 Å². The van der Waals surface area contributed by atoms with Crippen LogP contribution >= 0.6 is 0 Å². The third-order valence-corrected chi connectivity index (χ3v) is 5.99. The van der Waals surface area contributed by atoms with E-state index in [4.69, 9.17) is 0 Å². The fourth-order valence-corrected chi connectivity index (χ4v) is 4.33. The number of amides is 1. The van der Waals surface area contributed by atoms with E-state index in [1.165, 1.54) is 12.1 Å². The summed E-state index contributed by atoms with van der Waals surface area (Å²) < 4.78 is 15.5. The van der Waals surface area contributed by atoms with Crippen molar-refractivity contribution < 1.29 is 9.18 Å². The number of carbonyl (C=O) groups is 1. The minimum absolute atomic E-state index is 0.0394. The zero-order valence-corrected chi connectivity index (χ0v) is 16.4. The Morgan fingerprint density at radius 2 is 2.14 bits per heavy atom. The quantitative estimate of drug-likeness (QED) is 0.525. The van der Waals surface area contributed by atoms with E-state index in [1.54, 1.807) is 6.07 Å². The van der Waals surface area contributed by atoms with Crippen LogP contribution < -0.4 is 5.32 Å². The minimum atomic E-state index is -0.253. The van der Waals surface area contributed by atoms with E-state index in [9.17, 15) is 9.18 Å². The smallest absolute Gasteiger partial charge is 0.220 e. The second-order valence-electron chi connectivity index (χ2n) is 8.07. The lowest BCUT2D eigenvalue weighted by molar-refractivity contribution is -0.122.